The highest BCUT2D eigenvalue weighted by Gasteiger charge is 2.42. The van der Waals surface area contributed by atoms with Crippen LogP contribution in [0.15, 0.2) is 144 Å². The van der Waals surface area contributed by atoms with Crippen LogP contribution in [0.4, 0.5) is 11.4 Å². The number of pyridine rings is 1. The Kier molecular flexibility index (Phi) is 7.10. The molecule has 1 N–H and O–H groups in total. The van der Waals surface area contributed by atoms with Gasteiger partial charge in [-0.2, -0.15) is 0 Å². The number of aromatic nitrogens is 2. The third-order valence-corrected chi connectivity index (χ3v) is 8.92. The molecule has 0 unspecified atom stereocenters. The van der Waals surface area contributed by atoms with Gasteiger partial charge in [-0.25, -0.2) is 0 Å². The maximum absolute atomic E-state index is 11.0. The zero-order valence-electron chi connectivity index (χ0n) is 22.8. The second-order valence-corrected chi connectivity index (χ2v) is 11.7. The molecule has 0 amide bonds. The summed E-state index contributed by atoms with van der Waals surface area (Å²) in [6.45, 7) is 0. The van der Waals surface area contributed by atoms with Crippen LogP contribution in [0.3, 0.4) is 0 Å². The molecule has 1 fully saturated rings. The Hall–Kier alpha value is -4.99. The number of fused-ring (bicyclic) bond motifs is 1. The smallest absolute Gasteiger partial charge is 0.269 e. The van der Waals surface area contributed by atoms with Crippen molar-refractivity contribution in [3.63, 3.8) is 0 Å². The number of benzene rings is 4. The molecule has 0 saturated carbocycles. The molecule has 1 aliphatic rings. The number of hydrogen-bond acceptors (Lipinski definition) is 5. The van der Waals surface area contributed by atoms with Crippen molar-refractivity contribution in [2.75, 3.05) is 4.90 Å². The molecule has 3 heterocycles. The monoisotopic (exact) mass is 599 g/mol. The van der Waals surface area contributed by atoms with E-state index in [4.69, 9.17) is 17.2 Å². The first-order chi connectivity index (χ1) is 21.0. The Morgan fingerprint density at radius 2 is 1.49 bits per heavy atom. The fourth-order valence-corrected chi connectivity index (χ4v) is 6.74. The molecular formula is C34H25N5O2S2. The van der Waals surface area contributed by atoms with Crippen LogP contribution in [0.2, 0.25) is 0 Å². The van der Waals surface area contributed by atoms with Crippen molar-refractivity contribution in [3.05, 3.63) is 155 Å². The van der Waals surface area contributed by atoms with Gasteiger partial charge in [-0.15, -0.1) is 0 Å². The lowest BCUT2D eigenvalue weighted by Crippen LogP contribution is -2.30. The molecule has 1 saturated heterocycles. The summed E-state index contributed by atoms with van der Waals surface area (Å²) in [5.41, 5.74) is 4.11. The number of non-ortho nitro benzene ring substituents is 1. The Morgan fingerprint density at radius 3 is 2.21 bits per heavy atom. The summed E-state index contributed by atoms with van der Waals surface area (Å²) in [5, 5.41) is 17.6. The molecule has 210 valence electrons. The number of anilines is 1. The van der Waals surface area contributed by atoms with E-state index >= 15 is 0 Å². The summed E-state index contributed by atoms with van der Waals surface area (Å²) in [5.74, 6) is 0. The SMILES string of the molecule is O=[N+]([O-])c1ccc(Sc2ccc(N3C(=S)N[C@@H](c4ccccn4)[C@H]3c3cccn3-c3ccc4ccccc4c3)cc2)cc1. The first kappa shape index (κ1) is 26.9. The zero-order valence-corrected chi connectivity index (χ0v) is 24.4. The van der Waals surface area contributed by atoms with Crippen LogP contribution < -0.4 is 10.2 Å². The van der Waals surface area contributed by atoms with Crippen molar-refractivity contribution in [2.45, 2.75) is 21.9 Å². The molecule has 2 atom stereocenters. The van der Waals surface area contributed by atoms with E-state index in [0.717, 1.165) is 32.6 Å². The second kappa shape index (κ2) is 11.4. The number of thiocarbonyl (C=S) groups is 1. The average molecular weight is 600 g/mol. The third kappa shape index (κ3) is 5.24. The van der Waals surface area contributed by atoms with Gasteiger partial charge in [-0.3, -0.25) is 15.1 Å². The minimum atomic E-state index is -0.388. The number of nitrogens with one attached hydrogen (secondary N) is 1. The molecular weight excluding hydrogens is 575 g/mol. The normalized spacial score (nSPS) is 16.4. The Bertz CT molecular complexity index is 1940. The van der Waals surface area contributed by atoms with Gasteiger partial charge in [0.2, 0.25) is 0 Å². The summed E-state index contributed by atoms with van der Waals surface area (Å²) >= 11 is 7.52. The highest BCUT2D eigenvalue weighted by Crippen LogP contribution is 2.43. The summed E-state index contributed by atoms with van der Waals surface area (Å²) in [6, 6.07) is 39.6. The molecule has 0 spiro atoms. The van der Waals surface area contributed by atoms with Crippen molar-refractivity contribution >= 4 is 51.2 Å². The van der Waals surface area contributed by atoms with Crippen LogP contribution in [0.1, 0.15) is 23.5 Å². The van der Waals surface area contributed by atoms with Gasteiger partial charge in [0.25, 0.3) is 5.69 Å². The van der Waals surface area contributed by atoms with E-state index in [1.54, 1.807) is 23.9 Å². The maximum atomic E-state index is 11.0. The highest BCUT2D eigenvalue weighted by atomic mass is 32.2. The first-order valence-corrected chi connectivity index (χ1v) is 15.0. The minimum Gasteiger partial charge on any atom is -0.351 e. The van der Waals surface area contributed by atoms with E-state index < -0.39 is 0 Å². The molecule has 9 heteroatoms. The van der Waals surface area contributed by atoms with Gasteiger partial charge >= 0.3 is 0 Å². The Morgan fingerprint density at radius 1 is 0.791 bits per heavy atom. The molecule has 7 rings (SSSR count). The van der Waals surface area contributed by atoms with Crippen LogP contribution in [0.5, 0.6) is 0 Å². The van der Waals surface area contributed by atoms with E-state index in [1.165, 1.54) is 22.9 Å². The van der Waals surface area contributed by atoms with Crippen LogP contribution in [0, 0.1) is 10.1 Å². The van der Waals surface area contributed by atoms with Gasteiger partial charge in [0.1, 0.15) is 6.04 Å². The molecule has 4 aromatic carbocycles. The van der Waals surface area contributed by atoms with E-state index in [1.807, 2.05) is 24.4 Å². The van der Waals surface area contributed by atoms with Crippen LogP contribution in [0.25, 0.3) is 16.5 Å². The molecule has 7 nitrogen and oxygen atoms in total. The first-order valence-electron chi connectivity index (χ1n) is 13.7. The highest BCUT2D eigenvalue weighted by molar-refractivity contribution is 7.99. The van der Waals surface area contributed by atoms with Gasteiger partial charge in [0, 0.05) is 51.4 Å². The summed E-state index contributed by atoms with van der Waals surface area (Å²) in [4.78, 5) is 19.4. The summed E-state index contributed by atoms with van der Waals surface area (Å²) in [7, 11) is 0. The zero-order chi connectivity index (χ0) is 29.3. The van der Waals surface area contributed by atoms with E-state index in [-0.39, 0.29) is 22.7 Å². The number of nitro groups is 1. The Labute approximate surface area is 258 Å². The molecule has 2 aromatic heterocycles. The van der Waals surface area contributed by atoms with Crippen molar-refractivity contribution in [2.24, 2.45) is 0 Å². The molecule has 0 aliphatic carbocycles. The fraction of sp³-hybridized carbons (Fsp3) is 0.0588. The molecule has 0 radical (unpaired) electrons. The second-order valence-electron chi connectivity index (χ2n) is 10.2. The van der Waals surface area contributed by atoms with Crippen molar-refractivity contribution in [1.29, 1.82) is 0 Å². The number of nitro benzene ring substituents is 1. The quantitative estimate of drug-likeness (QED) is 0.112. The molecule has 43 heavy (non-hydrogen) atoms. The number of hydrogen-bond donors (Lipinski definition) is 1. The van der Waals surface area contributed by atoms with Gasteiger partial charge in [0.05, 0.1) is 16.7 Å². The summed E-state index contributed by atoms with van der Waals surface area (Å²) < 4.78 is 2.23. The van der Waals surface area contributed by atoms with Gasteiger partial charge < -0.3 is 14.8 Å². The molecule has 6 aromatic rings. The predicted octanol–water partition coefficient (Wildman–Crippen LogP) is 8.26. The van der Waals surface area contributed by atoms with Gasteiger partial charge in [-0.1, -0.05) is 48.2 Å². The van der Waals surface area contributed by atoms with Crippen LogP contribution in [-0.2, 0) is 0 Å². The fourth-order valence-electron chi connectivity index (χ4n) is 5.58. The summed E-state index contributed by atoms with van der Waals surface area (Å²) in [6.07, 6.45) is 3.91. The van der Waals surface area contributed by atoms with Crippen molar-refractivity contribution in [1.82, 2.24) is 14.9 Å². The average Bonchev–Trinajstić information content (AvgIpc) is 3.66. The standard InChI is InChI=1S/C34H25N5O2S2/c40-39(41)26-14-18-29(19-15-26)43-28-16-12-25(13-17-28)38-33(32(36-34(38)42)30-8-3-4-20-35-30)31-9-5-21-37(31)27-11-10-23-6-1-2-7-24(23)22-27/h1-22,32-33H,(H,36,42)/t32-,33+/m0/s1. The van der Waals surface area contributed by atoms with Gasteiger partial charge in [-0.05, 0) is 95.8 Å². The van der Waals surface area contributed by atoms with E-state index in [9.17, 15) is 10.1 Å². The molecule has 0 bridgehead atoms. The van der Waals surface area contributed by atoms with Crippen LogP contribution >= 0.6 is 24.0 Å². The minimum absolute atomic E-state index is 0.0803. The van der Waals surface area contributed by atoms with E-state index in [2.05, 4.69) is 99.8 Å². The lowest BCUT2D eigenvalue weighted by Gasteiger charge is -2.29. The maximum Gasteiger partial charge on any atom is 0.269 e. The topological polar surface area (TPSA) is 76.2 Å². The predicted molar refractivity (Wildman–Crippen MR) is 175 cm³/mol. The lowest BCUT2D eigenvalue weighted by atomic mass is 10.0. The van der Waals surface area contributed by atoms with Crippen molar-refractivity contribution < 1.29 is 4.92 Å². The van der Waals surface area contributed by atoms with Crippen molar-refractivity contribution in [3.8, 4) is 5.69 Å². The Balaban J connectivity index is 1.25. The molecule has 1 aliphatic heterocycles. The lowest BCUT2D eigenvalue weighted by molar-refractivity contribution is -0.384. The largest absolute Gasteiger partial charge is 0.351 e. The number of nitrogens with zero attached hydrogens (tertiary/aromatic N) is 4. The number of rotatable bonds is 7. The third-order valence-electron chi connectivity index (χ3n) is 7.59. The van der Waals surface area contributed by atoms with Gasteiger partial charge in [0.15, 0.2) is 5.11 Å². The van der Waals surface area contributed by atoms with Crippen LogP contribution in [-0.4, -0.2) is 19.6 Å². The van der Waals surface area contributed by atoms with E-state index in [0.29, 0.717) is 5.11 Å².